The number of rotatable bonds is 2. The molecule has 0 aliphatic heterocycles. The van der Waals surface area contributed by atoms with Crippen molar-refractivity contribution in [2.45, 2.75) is 6.54 Å². The number of aromatic nitrogens is 4. The average Bonchev–Trinajstić information content (AvgIpc) is 2.76. The van der Waals surface area contributed by atoms with E-state index in [1.807, 2.05) is 0 Å². The highest BCUT2D eigenvalue weighted by Gasteiger charge is 2.09. The van der Waals surface area contributed by atoms with Crippen molar-refractivity contribution in [2.75, 3.05) is 0 Å². The summed E-state index contributed by atoms with van der Waals surface area (Å²) in [7, 11) is 0. The summed E-state index contributed by atoms with van der Waals surface area (Å²) in [6.07, 6.45) is 1.51. The second kappa shape index (κ2) is 4.47. The highest BCUT2D eigenvalue weighted by molar-refractivity contribution is 6.28. The number of nitrogens with zero attached hydrogens (tertiary/aromatic N) is 3. The van der Waals surface area contributed by atoms with Crippen molar-refractivity contribution < 1.29 is 4.39 Å². The van der Waals surface area contributed by atoms with Gasteiger partial charge in [0.05, 0.1) is 12.9 Å². The standard InChI is InChI=1S/C12H8ClFN4O/c13-12-16-10-9(11(19)17-12)15-6-18(10)5-7-1-3-8(14)4-2-7/h1-4,6H,5H2,(H,16,17,19). The molecule has 0 spiro atoms. The second-order valence-corrected chi connectivity index (χ2v) is 4.39. The van der Waals surface area contributed by atoms with Crippen LogP contribution < -0.4 is 5.56 Å². The molecule has 3 rings (SSSR count). The SMILES string of the molecule is O=c1[nH]c(Cl)nc2c1ncn2Cc1ccc(F)cc1. The summed E-state index contributed by atoms with van der Waals surface area (Å²) in [5.74, 6) is -0.295. The number of hydrogen-bond donors (Lipinski definition) is 1. The average molecular weight is 279 g/mol. The van der Waals surface area contributed by atoms with E-state index in [-0.39, 0.29) is 22.2 Å². The first-order chi connectivity index (χ1) is 9.13. The molecule has 2 heterocycles. The third-order valence-electron chi connectivity index (χ3n) is 2.71. The summed E-state index contributed by atoms with van der Waals surface area (Å²) in [4.78, 5) is 22.0. The molecule has 1 aromatic carbocycles. The van der Waals surface area contributed by atoms with Gasteiger partial charge in [-0.3, -0.25) is 9.78 Å². The van der Waals surface area contributed by atoms with Crippen molar-refractivity contribution in [2.24, 2.45) is 0 Å². The van der Waals surface area contributed by atoms with Crippen LogP contribution in [0.2, 0.25) is 5.28 Å². The number of nitrogens with one attached hydrogen (secondary N) is 1. The van der Waals surface area contributed by atoms with Gasteiger partial charge < -0.3 is 4.57 Å². The lowest BCUT2D eigenvalue weighted by atomic mass is 10.2. The minimum absolute atomic E-state index is 0.0124. The van der Waals surface area contributed by atoms with Crippen molar-refractivity contribution in [3.05, 3.63) is 57.6 Å². The summed E-state index contributed by atoms with van der Waals surface area (Å²) < 4.78 is 14.5. The van der Waals surface area contributed by atoms with Crippen LogP contribution in [0.3, 0.4) is 0 Å². The lowest BCUT2D eigenvalue weighted by Gasteiger charge is -2.03. The van der Waals surface area contributed by atoms with Gasteiger partial charge in [0.25, 0.3) is 5.56 Å². The van der Waals surface area contributed by atoms with E-state index in [1.54, 1.807) is 16.7 Å². The fourth-order valence-corrected chi connectivity index (χ4v) is 2.00. The Morgan fingerprint density at radius 2 is 2.05 bits per heavy atom. The molecule has 0 unspecified atom stereocenters. The molecule has 0 aliphatic rings. The van der Waals surface area contributed by atoms with Gasteiger partial charge in [-0.25, -0.2) is 9.37 Å². The monoisotopic (exact) mass is 278 g/mol. The van der Waals surface area contributed by atoms with E-state index in [2.05, 4.69) is 15.0 Å². The highest BCUT2D eigenvalue weighted by atomic mass is 35.5. The number of fused-ring (bicyclic) bond motifs is 1. The summed E-state index contributed by atoms with van der Waals surface area (Å²) >= 11 is 5.72. The molecule has 0 radical (unpaired) electrons. The fourth-order valence-electron chi connectivity index (χ4n) is 1.83. The fraction of sp³-hybridized carbons (Fsp3) is 0.0833. The Labute approximate surface area is 111 Å². The zero-order chi connectivity index (χ0) is 13.4. The van der Waals surface area contributed by atoms with Crippen molar-refractivity contribution >= 4 is 22.8 Å². The first-order valence-corrected chi connectivity index (χ1v) is 5.86. The molecule has 19 heavy (non-hydrogen) atoms. The maximum absolute atomic E-state index is 12.8. The molecule has 0 aliphatic carbocycles. The smallest absolute Gasteiger partial charge is 0.280 e. The molecule has 0 fully saturated rings. The van der Waals surface area contributed by atoms with Gasteiger partial charge in [-0.05, 0) is 29.3 Å². The third kappa shape index (κ3) is 2.22. The molecular formula is C12H8ClFN4O. The third-order valence-corrected chi connectivity index (χ3v) is 2.89. The maximum atomic E-state index is 12.8. The van der Waals surface area contributed by atoms with Gasteiger partial charge in [0.1, 0.15) is 5.82 Å². The Balaban J connectivity index is 2.06. The van der Waals surface area contributed by atoms with Crippen molar-refractivity contribution in [1.82, 2.24) is 19.5 Å². The molecule has 0 bridgehead atoms. The lowest BCUT2D eigenvalue weighted by molar-refractivity contribution is 0.626. The Morgan fingerprint density at radius 1 is 1.32 bits per heavy atom. The summed E-state index contributed by atoms with van der Waals surface area (Å²) in [5, 5.41) is 0.0124. The Kier molecular flexibility index (Phi) is 2.79. The van der Waals surface area contributed by atoms with Crippen LogP contribution in [-0.2, 0) is 6.54 Å². The van der Waals surface area contributed by atoms with E-state index in [0.717, 1.165) is 5.56 Å². The van der Waals surface area contributed by atoms with Gasteiger partial charge in [0.2, 0.25) is 5.28 Å². The number of hydrogen-bond acceptors (Lipinski definition) is 3. The van der Waals surface area contributed by atoms with Gasteiger partial charge >= 0.3 is 0 Å². The number of halogens is 2. The van der Waals surface area contributed by atoms with E-state index < -0.39 is 0 Å². The summed E-state index contributed by atoms with van der Waals surface area (Å²) in [5.41, 5.74) is 1.12. The van der Waals surface area contributed by atoms with Crippen LogP contribution in [0.25, 0.3) is 11.2 Å². The molecule has 0 amide bonds. The Hall–Kier alpha value is -2.21. The van der Waals surface area contributed by atoms with Gasteiger partial charge in [-0.15, -0.1) is 0 Å². The molecular weight excluding hydrogens is 271 g/mol. The van der Waals surface area contributed by atoms with Crippen LogP contribution in [0.5, 0.6) is 0 Å². The molecule has 0 saturated carbocycles. The van der Waals surface area contributed by atoms with E-state index in [9.17, 15) is 9.18 Å². The molecule has 2 aromatic heterocycles. The number of H-pyrrole nitrogens is 1. The van der Waals surface area contributed by atoms with E-state index in [0.29, 0.717) is 12.2 Å². The molecule has 0 atom stereocenters. The maximum Gasteiger partial charge on any atom is 0.280 e. The molecule has 1 N–H and O–H groups in total. The minimum Gasteiger partial charge on any atom is -0.311 e. The van der Waals surface area contributed by atoms with E-state index in [1.165, 1.54) is 18.5 Å². The Bertz CT molecular complexity index is 794. The van der Waals surface area contributed by atoms with Crippen LogP contribution in [0.15, 0.2) is 35.4 Å². The van der Waals surface area contributed by atoms with Crippen LogP contribution in [0.1, 0.15) is 5.56 Å². The second-order valence-electron chi connectivity index (χ2n) is 4.03. The topological polar surface area (TPSA) is 63.6 Å². The number of imidazole rings is 1. The quantitative estimate of drug-likeness (QED) is 0.729. The van der Waals surface area contributed by atoms with Crippen LogP contribution in [-0.4, -0.2) is 19.5 Å². The zero-order valence-electron chi connectivity index (χ0n) is 9.60. The normalized spacial score (nSPS) is 11.1. The van der Waals surface area contributed by atoms with E-state index in [4.69, 9.17) is 11.6 Å². The zero-order valence-corrected chi connectivity index (χ0v) is 10.4. The largest absolute Gasteiger partial charge is 0.311 e. The number of aromatic amines is 1. The Morgan fingerprint density at radius 3 is 2.79 bits per heavy atom. The molecule has 96 valence electrons. The molecule has 0 saturated heterocycles. The summed E-state index contributed by atoms with van der Waals surface area (Å²) in [6.45, 7) is 0.434. The van der Waals surface area contributed by atoms with Crippen LogP contribution in [0, 0.1) is 5.82 Å². The van der Waals surface area contributed by atoms with Gasteiger partial charge in [-0.1, -0.05) is 12.1 Å². The van der Waals surface area contributed by atoms with Gasteiger partial charge in [-0.2, -0.15) is 4.98 Å². The van der Waals surface area contributed by atoms with E-state index >= 15 is 0 Å². The van der Waals surface area contributed by atoms with Gasteiger partial charge in [0.15, 0.2) is 11.2 Å². The number of benzene rings is 1. The first kappa shape index (κ1) is 11.9. The van der Waals surface area contributed by atoms with Crippen molar-refractivity contribution in [3.8, 4) is 0 Å². The van der Waals surface area contributed by atoms with Gasteiger partial charge in [0, 0.05) is 0 Å². The van der Waals surface area contributed by atoms with Crippen LogP contribution >= 0.6 is 11.6 Å². The van der Waals surface area contributed by atoms with Crippen molar-refractivity contribution in [3.63, 3.8) is 0 Å². The minimum atomic E-state index is -0.382. The first-order valence-electron chi connectivity index (χ1n) is 5.48. The lowest BCUT2D eigenvalue weighted by Crippen LogP contribution is -2.09. The highest BCUT2D eigenvalue weighted by Crippen LogP contribution is 2.11. The molecule has 3 aromatic rings. The molecule has 5 nitrogen and oxygen atoms in total. The predicted octanol–water partition coefficient (Wildman–Crippen LogP) is 1.96. The predicted molar refractivity (Wildman–Crippen MR) is 68.7 cm³/mol. The van der Waals surface area contributed by atoms with Crippen molar-refractivity contribution in [1.29, 1.82) is 0 Å². The van der Waals surface area contributed by atoms with Crippen LogP contribution in [0.4, 0.5) is 4.39 Å². The summed E-state index contributed by atoms with van der Waals surface area (Å²) in [6, 6.07) is 6.08. The molecule has 7 heteroatoms.